The van der Waals surface area contributed by atoms with Gasteiger partial charge < -0.3 is 14.5 Å². The third kappa shape index (κ3) is 3.60. The second-order valence-electron chi connectivity index (χ2n) is 7.87. The van der Waals surface area contributed by atoms with Gasteiger partial charge in [0, 0.05) is 38.2 Å². The molecule has 0 bridgehead atoms. The highest BCUT2D eigenvalue weighted by Crippen LogP contribution is 2.33. The summed E-state index contributed by atoms with van der Waals surface area (Å²) < 4.78 is 48.4. The fourth-order valence-corrected chi connectivity index (χ4v) is 5.57. The molecule has 1 N–H and O–H groups in total. The van der Waals surface area contributed by atoms with Crippen LogP contribution in [0.4, 0.5) is 4.39 Å². The Bertz CT molecular complexity index is 1230. The molecule has 162 valence electrons. The minimum atomic E-state index is -3.69. The lowest BCUT2D eigenvalue weighted by atomic mass is 9.91. The predicted octanol–water partition coefficient (Wildman–Crippen LogP) is 1.97. The molecule has 0 aliphatic carbocycles. The molecular weight excluding hydrogens is 423 g/mol. The SMILES string of the molecule is O=C1NCC2(CCN(S(=O)(=O)c3ccc(-c4ccn5ccnc5c4)cc3)CC2)OC1F. The molecule has 1 spiro atoms. The summed E-state index contributed by atoms with van der Waals surface area (Å²) in [6.45, 7) is 0.585. The van der Waals surface area contributed by atoms with E-state index in [1.54, 1.807) is 30.5 Å². The first-order valence-corrected chi connectivity index (χ1v) is 11.4. The van der Waals surface area contributed by atoms with E-state index in [0.717, 1.165) is 16.8 Å². The van der Waals surface area contributed by atoms with Gasteiger partial charge in [-0.2, -0.15) is 4.31 Å². The number of amides is 1. The zero-order valence-electron chi connectivity index (χ0n) is 16.6. The minimum absolute atomic E-state index is 0.190. The summed E-state index contributed by atoms with van der Waals surface area (Å²) in [5, 5.41) is 2.50. The zero-order chi connectivity index (χ0) is 21.6. The summed E-state index contributed by atoms with van der Waals surface area (Å²) in [5.41, 5.74) is 1.80. The number of sulfonamides is 1. The van der Waals surface area contributed by atoms with E-state index in [-0.39, 0.29) is 24.5 Å². The van der Waals surface area contributed by atoms with Gasteiger partial charge in [0.25, 0.3) is 12.3 Å². The maximum Gasteiger partial charge on any atom is 0.282 e. The summed E-state index contributed by atoms with van der Waals surface area (Å²) in [6.07, 6.45) is 4.11. The van der Waals surface area contributed by atoms with Gasteiger partial charge >= 0.3 is 0 Å². The number of rotatable bonds is 3. The molecule has 1 unspecified atom stereocenters. The van der Waals surface area contributed by atoms with Crippen molar-refractivity contribution in [1.82, 2.24) is 19.0 Å². The number of imidazole rings is 1. The topological polar surface area (TPSA) is 93.0 Å². The van der Waals surface area contributed by atoms with Gasteiger partial charge in [-0.15, -0.1) is 0 Å². The number of aromatic nitrogens is 2. The van der Waals surface area contributed by atoms with Crippen molar-refractivity contribution in [2.75, 3.05) is 19.6 Å². The standard InChI is InChI=1S/C21H21FN4O4S/c22-19-20(27)24-14-21(30-19)6-10-26(11-7-21)31(28,29)17-3-1-15(2-4-17)16-5-9-25-12-8-23-18(25)13-16/h1-5,8-9,12-13,19H,6-7,10-11,14H2,(H,24,27). The van der Waals surface area contributed by atoms with Gasteiger partial charge in [-0.05, 0) is 48.2 Å². The van der Waals surface area contributed by atoms with E-state index in [2.05, 4.69) is 10.3 Å². The molecule has 1 aromatic carbocycles. The summed E-state index contributed by atoms with van der Waals surface area (Å²) in [4.78, 5) is 15.8. The Morgan fingerprint density at radius 1 is 1.10 bits per heavy atom. The monoisotopic (exact) mass is 444 g/mol. The number of morpholine rings is 1. The number of fused-ring (bicyclic) bond motifs is 1. The number of pyridine rings is 1. The third-order valence-corrected chi connectivity index (χ3v) is 7.91. The van der Waals surface area contributed by atoms with Crippen molar-refractivity contribution >= 4 is 21.6 Å². The van der Waals surface area contributed by atoms with Gasteiger partial charge in [0.2, 0.25) is 10.0 Å². The van der Waals surface area contributed by atoms with Crippen LogP contribution >= 0.6 is 0 Å². The lowest BCUT2D eigenvalue weighted by molar-refractivity contribution is -0.194. The Kier molecular flexibility index (Phi) is 4.80. The summed E-state index contributed by atoms with van der Waals surface area (Å²) in [7, 11) is -3.69. The highest BCUT2D eigenvalue weighted by molar-refractivity contribution is 7.89. The first kappa shape index (κ1) is 20.1. The number of nitrogens with zero attached hydrogens (tertiary/aromatic N) is 3. The van der Waals surface area contributed by atoms with Gasteiger partial charge in [0.15, 0.2) is 0 Å². The molecule has 4 heterocycles. The molecule has 2 fully saturated rings. The highest BCUT2D eigenvalue weighted by Gasteiger charge is 2.45. The van der Waals surface area contributed by atoms with Crippen LogP contribution in [0.1, 0.15) is 12.8 Å². The molecule has 1 atom stereocenters. The Hall–Kier alpha value is -2.82. The second kappa shape index (κ2) is 7.40. The highest BCUT2D eigenvalue weighted by atomic mass is 32.2. The van der Waals surface area contributed by atoms with Crippen molar-refractivity contribution in [3.05, 3.63) is 55.0 Å². The van der Waals surface area contributed by atoms with E-state index in [4.69, 9.17) is 4.74 Å². The molecular formula is C21H21FN4O4S. The second-order valence-corrected chi connectivity index (χ2v) is 9.81. The normalized spacial score (nSPS) is 22.0. The number of carbonyl (C=O) groups excluding carboxylic acids is 1. The number of hydrogen-bond acceptors (Lipinski definition) is 5. The van der Waals surface area contributed by atoms with E-state index in [9.17, 15) is 17.6 Å². The van der Waals surface area contributed by atoms with Crippen LogP contribution in [0.5, 0.6) is 0 Å². The van der Waals surface area contributed by atoms with Crippen LogP contribution in [-0.4, -0.2) is 59.6 Å². The molecule has 2 saturated heterocycles. The summed E-state index contributed by atoms with van der Waals surface area (Å²) in [6, 6.07) is 10.6. The first-order valence-electron chi connectivity index (χ1n) is 9.99. The van der Waals surface area contributed by atoms with Crippen LogP contribution in [0.2, 0.25) is 0 Å². The average Bonchev–Trinajstić information content (AvgIpc) is 3.25. The molecule has 3 aromatic rings. The molecule has 10 heteroatoms. The largest absolute Gasteiger partial charge is 0.349 e. The lowest BCUT2D eigenvalue weighted by Crippen LogP contribution is -2.60. The molecule has 0 saturated carbocycles. The van der Waals surface area contributed by atoms with Crippen molar-refractivity contribution in [2.45, 2.75) is 29.7 Å². The van der Waals surface area contributed by atoms with Crippen molar-refractivity contribution in [2.24, 2.45) is 0 Å². The third-order valence-electron chi connectivity index (χ3n) is 6.00. The summed E-state index contributed by atoms with van der Waals surface area (Å²) in [5.74, 6) is -0.785. The number of hydrogen-bond donors (Lipinski definition) is 1. The lowest BCUT2D eigenvalue weighted by Gasteiger charge is -2.43. The molecule has 2 aliphatic heterocycles. The van der Waals surface area contributed by atoms with Gasteiger partial charge in [0.1, 0.15) is 5.65 Å². The molecule has 8 nitrogen and oxygen atoms in total. The maximum atomic E-state index is 13.7. The number of ether oxygens (including phenoxy) is 1. The maximum absolute atomic E-state index is 13.7. The number of benzene rings is 1. The Morgan fingerprint density at radius 3 is 2.55 bits per heavy atom. The molecule has 0 radical (unpaired) electrons. The predicted molar refractivity (Wildman–Crippen MR) is 110 cm³/mol. The van der Waals surface area contributed by atoms with Crippen LogP contribution in [-0.2, 0) is 19.6 Å². The van der Waals surface area contributed by atoms with E-state index in [1.807, 2.05) is 28.9 Å². The summed E-state index contributed by atoms with van der Waals surface area (Å²) >= 11 is 0. The molecule has 2 aliphatic rings. The molecule has 2 aromatic heterocycles. The van der Waals surface area contributed by atoms with E-state index in [1.165, 1.54) is 4.31 Å². The van der Waals surface area contributed by atoms with E-state index in [0.29, 0.717) is 12.8 Å². The fraction of sp³-hybridized carbons (Fsp3) is 0.333. The van der Waals surface area contributed by atoms with Crippen molar-refractivity contribution in [3.63, 3.8) is 0 Å². The van der Waals surface area contributed by atoms with Crippen molar-refractivity contribution < 1.29 is 22.3 Å². The van der Waals surface area contributed by atoms with Crippen LogP contribution in [0.25, 0.3) is 16.8 Å². The van der Waals surface area contributed by atoms with Crippen molar-refractivity contribution in [3.8, 4) is 11.1 Å². The van der Waals surface area contributed by atoms with Gasteiger partial charge in [0.05, 0.1) is 10.5 Å². The first-order chi connectivity index (χ1) is 14.9. The Labute approximate surface area is 178 Å². The number of alkyl halides is 1. The zero-order valence-corrected chi connectivity index (χ0v) is 17.4. The van der Waals surface area contributed by atoms with Crippen LogP contribution < -0.4 is 5.32 Å². The number of halogens is 1. The average molecular weight is 444 g/mol. The van der Waals surface area contributed by atoms with Crippen molar-refractivity contribution in [1.29, 1.82) is 0 Å². The van der Waals surface area contributed by atoms with Gasteiger partial charge in [-0.25, -0.2) is 17.8 Å². The quantitative estimate of drug-likeness (QED) is 0.667. The van der Waals surface area contributed by atoms with Crippen LogP contribution in [0.15, 0.2) is 59.9 Å². The minimum Gasteiger partial charge on any atom is -0.349 e. The van der Waals surface area contributed by atoms with E-state index >= 15 is 0 Å². The molecule has 31 heavy (non-hydrogen) atoms. The number of piperidine rings is 1. The van der Waals surface area contributed by atoms with Crippen LogP contribution in [0.3, 0.4) is 0 Å². The number of carbonyl (C=O) groups is 1. The fourth-order valence-electron chi connectivity index (χ4n) is 4.13. The molecule has 5 rings (SSSR count). The Morgan fingerprint density at radius 2 is 1.84 bits per heavy atom. The van der Waals surface area contributed by atoms with Gasteiger partial charge in [-0.1, -0.05) is 12.1 Å². The van der Waals surface area contributed by atoms with Gasteiger partial charge in [-0.3, -0.25) is 4.79 Å². The smallest absolute Gasteiger partial charge is 0.282 e. The number of nitrogens with one attached hydrogen (secondary N) is 1. The van der Waals surface area contributed by atoms with Crippen LogP contribution in [0, 0.1) is 0 Å². The van der Waals surface area contributed by atoms with E-state index < -0.39 is 27.9 Å². The Balaban J connectivity index is 1.31. The molecule has 1 amide bonds.